The third-order valence-electron chi connectivity index (χ3n) is 2.74. The molecule has 0 aliphatic rings. The van der Waals surface area contributed by atoms with E-state index in [2.05, 4.69) is 26.9 Å². The lowest BCUT2D eigenvalue weighted by Crippen LogP contribution is -2.04. The summed E-state index contributed by atoms with van der Waals surface area (Å²) in [5, 5.41) is 0.407. The summed E-state index contributed by atoms with van der Waals surface area (Å²) in [4.78, 5) is 17.4. The number of hydrogen-bond donors (Lipinski definition) is 0. The SMILES string of the molecule is CCCOc1cc(C)nc(-c2nc(Cl)cc(CCC)n2)n1. The van der Waals surface area contributed by atoms with Crippen molar-refractivity contribution in [1.82, 2.24) is 19.9 Å². The van der Waals surface area contributed by atoms with Crippen molar-refractivity contribution < 1.29 is 4.74 Å². The Morgan fingerprint density at radius 3 is 2.48 bits per heavy atom. The van der Waals surface area contributed by atoms with Crippen LogP contribution < -0.4 is 4.74 Å². The largest absolute Gasteiger partial charge is 0.478 e. The average Bonchev–Trinajstić information content (AvgIpc) is 2.44. The lowest BCUT2D eigenvalue weighted by molar-refractivity contribution is 0.304. The van der Waals surface area contributed by atoms with Gasteiger partial charge >= 0.3 is 0 Å². The number of aryl methyl sites for hydroxylation is 2. The third-order valence-corrected chi connectivity index (χ3v) is 2.93. The molecule has 0 fully saturated rings. The first kappa shape index (κ1) is 15.6. The summed E-state index contributed by atoms with van der Waals surface area (Å²) in [5.74, 6) is 1.43. The molecule has 2 rings (SSSR count). The minimum absolute atomic E-state index is 0.407. The Bertz CT molecular complexity index is 619. The average molecular weight is 307 g/mol. The minimum Gasteiger partial charge on any atom is -0.478 e. The van der Waals surface area contributed by atoms with Gasteiger partial charge in [-0.3, -0.25) is 0 Å². The van der Waals surface area contributed by atoms with Crippen LogP contribution >= 0.6 is 11.6 Å². The maximum Gasteiger partial charge on any atom is 0.217 e. The maximum absolute atomic E-state index is 6.06. The molecule has 0 aromatic carbocycles. The zero-order valence-electron chi connectivity index (χ0n) is 12.6. The highest BCUT2D eigenvalue weighted by molar-refractivity contribution is 6.29. The van der Waals surface area contributed by atoms with Crippen LogP contribution in [0.3, 0.4) is 0 Å². The number of halogens is 1. The van der Waals surface area contributed by atoms with Crippen LogP contribution in [0, 0.1) is 6.92 Å². The molecule has 0 radical (unpaired) electrons. The summed E-state index contributed by atoms with van der Waals surface area (Å²) in [6.07, 6.45) is 2.76. The fourth-order valence-electron chi connectivity index (χ4n) is 1.87. The topological polar surface area (TPSA) is 60.8 Å². The zero-order valence-corrected chi connectivity index (χ0v) is 13.3. The van der Waals surface area contributed by atoms with Crippen molar-refractivity contribution in [1.29, 1.82) is 0 Å². The summed E-state index contributed by atoms with van der Waals surface area (Å²) in [6, 6.07) is 3.58. The van der Waals surface area contributed by atoms with Crippen LogP contribution in [0.15, 0.2) is 12.1 Å². The van der Waals surface area contributed by atoms with E-state index in [1.165, 1.54) is 0 Å². The Hall–Kier alpha value is -1.75. The lowest BCUT2D eigenvalue weighted by Gasteiger charge is -2.07. The van der Waals surface area contributed by atoms with Crippen molar-refractivity contribution in [3.63, 3.8) is 0 Å². The second-order valence-corrected chi connectivity index (χ2v) is 5.16. The molecule has 2 heterocycles. The van der Waals surface area contributed by atoms with Crippen LogP contribution in [0.5, 0.6) is 5.88 Å². The first-order valence-corrected chi connectivity index (χ1v) is 7.52. The van der Waals surface area contributed by atoms with Crippen molar-refractivity contribution in [2.75, 3.05) is 6.61 Å². The van der Waals surface area contributed by atoms with Crippen molar-refractivity contribution >= 4 is 11.6 Å². The normalized spacial score (nSPS) is 10.7. The monoisotopic (exact) mass is 306 g/mol. The Morgan fingerprint density at radius 1 is 1.00 bits per heavy atom. The van der Waals surface area contributed by atoms with E-state index in [0.717, 1.165) is 30.7 Å². The molecule has 21 heavy (non-hydrogen) atoms. The summed E-state index contributed by atoms with van der Waals surface area (Å²) >= 11 is 6.06. The van der Waals surface area contributed by atoms with Crippen LogP contribution in [0.4, 0.5) is 0 Å². The molecule has 2 aromatic rings. The van der Waals surface area contributed by atoms with E-state index in [1.54, 1.807) is 12.1 Å². The van der Waals surface area contributed by atoms with Gasteiger partial charge in [-0.05, 0) is 25.8 Å². The van der Waals surface area contributed by atoms with Gasteiger partial charge < -0.3 is 4.74 Å². The number of nitrogens with zero attached hydrogens (tertiary/aromatic N) is 4. The Morgan fingerprint density at radius 2 is 1.76 bits per heavy atom. The first-order chi connectivity index (χ1) is 10.1. The Balaban J connectivity index is 2.38. The molecule has 0 N–H and O–H groups in total. The lowest BCUT2D eigenvalue weighted by atomic mass is 10.2. The number of rotatable bonds is 6. The highest BCUT2D eigenvalue weighted by atomic mass is 35.5. The van der Waals surface area contributed by atoms with Crippen LogP contribution in [0.1, 0.15) is 38.1 Å². The molecule has 0 saturated carbocycles. The molecule has 112 valence electrons. The van der Waals surface area contributed by atoms with E-state index in [0.29, 0.717) is 29.3 Å². The predicted octanol–water partition coefficient (Wildman–Crippen LogP) is 3.64. The number of aromatic nitrogens is 4. The van der Waals surface area contributed by atoms with Crippen molar-refractivity contribution in [2.45, 2.75) is 40.0 Å². The fourth-order valence-corrected chi connectivity index (χ4v) is 2.07. The van der Waals surface area contributed by atoms with Gasteiger partial charge in [0.05, 0.1) is 6.61 Å². The third kappa shape index (κ3) is 4.36. The molecule has 0 unspecified atom stereocenters. The number of ether oxygens (including phenoxy) is 1. The zero-order chi connectivity index (χ0) is 15.2. The van der Waals surface area contributed by atoms with Gasteiger partial charge in [0, 0.05) is 17.5 Å². The van der Waals surface area contributed by atoms with Crippen molar-refractivity contribution in [3.05, 3.63) is 28.7 Å². The maximum atomic E-state index is 6.06. The van der Waals surface area contributed by atoms with Crippen LogP contribution in [-0.2, 0) is 6.42 Å². The molecule has 0 aliphatic carbocycles. The molecule has 6 heteroatoms. The second kappa shape index (κ2) is 7.31. The summed E-state index contributed by atoms with van der Waals surface area (Å²) < 4.78 is 5.57. The van der Waals surface area contributed by atoms with Crippen molar-refractivity contribution in [2.24, 2.45) is 0 Å². The van der Waals surface area contributed by atoms with E-state index < -0.39 is 0 Å². The minimum atomic E-state index is 0.407. The van der Waals surface area contributed by atoms with Gasteiger partial charge in [0.15, 0.2) is 5.82 Å². The van der Waals surface area contributed by atoms with Gasteiger partial charge in [-0.25, -0.2) is 15.0 Å². The molecule has 5 nitrogen and oxygen atoms in total. The van der Waals surface area contributed by atoms with E-state index in [4.69, 9.17) is 16.3 Å². The van der Waals surface area contributed by atoms with Gasteiger partial charge in [0.1, 0.15) is 5.15 Å². The Labute approximate surface area is 129 Å². The van der Waals surface area contributed by atoms with E-state index in [1.807, 2.05) is 13.8 Å². The van der Waals surface area contributed by atoms with Gasteiger partial charge in [-0.2, -0.15) is 4.98 Å². The highest BCUT2D eigenvalue weighted by Gasteiger charge is 2.11. The molecule has 2 aromatic heterocycles. The molecule has 0 spiro atoms. The number of hydrogen-bond acceptors (Lipinski definition) is 5. The van der Waals surface area contributed by atoms with Crippen LogP contribution in [-0.4, -0.2) is 26.5 Å². The Kier molecular flexibility index (Phi) is 5.44. The smallest absolute Gasteiger partial charge is 0.217 e. The summed E-state index contributed by atoms with van der Waals surface area (Å²) in [5.41, 5.74) is 1.71. The van der Waals surface area contributed by atoms with Gasteiger partial charge in [-0.15, -0.1) is 0 Å². The summed E-state index contributed by atoms with van der Waals surface area (Å²) in [7, 11) is 0. The van der Waals surface area contributed by atoms with Crippen molar-refractivity contribution in [3.8, 4) is 17.5 Å². The fraction of sp³-hybridized carbons (Fsp3) is 0.467. The van der Waals surface area contributed by atoms with Gasteiger partial charge in [-0.1, -0.05) is 31.9 Å². The predicted molar refractivity (Wildman–Crippen MR) is 82.6 cm³/mol. The standard InChI is InChI=1S/C15H19ClN4O/c1-4-6-11-9-12(16)19-15(18-11)14-17-10(3)8-13(20-14)21-7-5-2/h8-9H,4-7H2,1-3H3. The molecule has 0 bridgehead atoms. The molecule has 0 saturated heterocycles. The quantitative estimate of drug-likeness (QED) is 0.763. The van der Waals surface area contributed by atoms with Crippen LogP contribution in [0.25, 0.3) is 11.6 Å². The van der Waals surface area contributed by atoms with Gasteiger partial charge in [0.2, 0.25) is 11.7 Å². The van der Waals surface area contributed by atoms with Gasteiger partial charge in [0.25, 0.3) is 0 Å². The molecular formula is C15H19ClN4O. The molecule has 0 aliphatic heterocycles. The highest BCUT2D eigenvalue weighted by Crippen LogP contribution is 2.19. The van der Waals surface area contributed by atoms with E-state index in [-0.39, 0.29) is 0 Å². The molecule has 0 atom stereocenters. The molecular weight excluding hydrogens is 288 g/mol. The van der Waals surface area contributed by atoms with Crippen LogP contribution in [0.2, 0.25) is 5.15 Å². The first-order valence-electron chi connectivity index (χ1n) is 7.14. The van der Waals surface area contributed by atoms with E-state index >= 15 is 0 Å². The second-order valence-electron chi connectivity index (χ2n) is 4.78. The summed E-state index contributed by atoms with van der Waals surface area (Å²) in [6.45, 7) is 6.65. The van der Waals surface area contributed by atoms with E-state index in [9.17, 15) is 0 Å². The molecule has 0 amide bonds.